The molecule has 0 radical (unpaired) electrons. The van der Waals surface area contributed by atoms with E-state index >= 15 is 0 Å². The Morgan fingerprint density at radius 2 is 1.73 bits per heavy atom. The van der Waals surface area contributed by atoms with Crippen LogP contribution < -0.4 is 9.64 Å². The van der Waals surface area contributed by atoms with Gasteiger partial charge in [-0.2, -0.15) is 0 Å². The number of esters is 1. The van der Waals surface area contributed by atoms with Crippen LogP contribution in [-0.4, -0.2) is 18.4 Å². The molecule has 1 fully saturated rings. The van der Waals surface area contributed by atoms with Crippen molar-refractivity contribution >= 4 is 28.3 Å². The van der Waals surface area contributed by atoms with Gasteiger partial charge in [0, 0.05) is 24.0 Å². The summed E-state index contributed by atoms with van der Waals surface area (Å²) in [5, 5.41) is 1.91. The van der Waals surface area contributed by atoms with Crippen molar-refractivity contribution in [1.29, 1.82) is 0 Å². The van der Waals surface area contributed by atoms with E-state index in [9.17, 15) is 9.59 Å². The highest BCUT2D eigenvalue weighted by Crippen LogP contribution is 2.29. The molecule has 0 N–H and O–H groups in total. The third kappa shape index (κ3) is 3.06. The van der Waals surface area contributed by atoms with Crippen LogP contribution in [0.5, 0.6) is 5.75 Å². The van der Waals surface area contributed by atoms with Crippen LogP contribution in [0.15, 0.2) is 66.7 Å². The van der Waals surface area contributed by atoms with Crippen molar-refractivity contribution in [3.05, 3.63) is 72.3 Å². The Labute approximate surface area is 152 Å². The molecule has 1 heterocycles. The largest absolute Gasteiger partial charge is 0.426 e. The Balaban J connectivity index is 1.52. The standard InChI is InChI=1S/C22H19NO3/c1-15-9-11-18(12-10-15)23-14-17(13-21(23)24)22(25)26-20-8-4-6-16-5-2-3-7-19(16)20/h2-12,17H,13-14H2,1H3/t17-/m1/s1. The maximum atomic E-state index is 12.6. The molecule has 4 nitrogen and oxygen atoms in total. The van der Waals surface area contributed by atoms with E-state index in [2.05, 4.69) is 0 Å². The van der Waals surface area contributed by atoms with E-state index in [1.807, 2.05) is 67.6 Å². The summed E-state index contributed by atoms with van der Waals surface area (Å²) in [6.45, 7) is 2.35. The number of aryl methyl sites for hydroxylation is 1. The van der Waals surface area contributed by atoms with Gasteiger partial charge in [-0.1, -0.05) is 54.1 Å². The first kappa shape index (κ1) is 16.3. The quantitative estimate of drug-likeness (QED) is 0.530. The molecule has 4 rings (SSSR count). The highest BCUT2D eigenvalue weighted by Gasteiger charge is 2.36. The zero-order valence-electron chi connectivity index (χ0n) is 14.5. The Bertz CT molecular complexity index is 973. The van der Waals surface area contributed by atoms with Crippen molar-refractivity contribution in [2.75, 3.05) is 11.4 Å². The first-order chi connectivity index (χ1) is 12.6. The predicted octanol–water partition coefficient (Wildman–Crippen LogP) is 4.11. The van der Waals surface area contributed by atoms with Crippen LogP contribution in [-0.2, 0) is 9.59 Å². The Morgan fingerprint density at radius 3 is 2.54 bits per heavy atom. The fourth-order valence-corrected chi connectivity index (χ4v) is 3.32. The molecule has 0 saturated carbocycles. The van der Waals surface area contributed by atoms with E-state index in [-0.39, 0.29) is 18.3 Å². The van der Waals surface area contributed by atoms with Crippen molar-refractivity contribution in [1.82, 2.24) is 0 Å². The van der Waals surface area contributed by atoms with Gasteiger partial charge in [0.25, 0.3) is 0 Å². The third-order valence-electron chi connectivity index (χ3n) is 4.76. The lowest BCUT2D eigenvalue weighted by atomic mass is 10.1. The number of carbonyl (C=O) groups is 2. The van der Waals surface area contributed by atoms with Gasteiger partial charge in [0.1, 0.15) is 5.75 Å². The molecule has 1 saturated heterocycles. The van der Waals surface area contributed by atoms with E-state index < -0.39 is 5.92 Å². The lowest BCUT2D eigenvalue weighted by Crippen LogP contribution is -2.27. The zero-order chi connectivity index (χ0) is 18.1. The van der Waals surface area contributed by atoms with Gasteiger partial charge < -0.3 is 9.64 Å². The topological polar surface area (TPSA) is 46.6 Å². The molecule has 4 heteroatoms. The predicted molar refractivity (Wildman–Crippen MR) is 101 cm³/mol. The van der Waals surface area contributed by atoms with Crippen LogP contribution in [0.3, 0.4) is 0 Å². The number of nitrogens with zero attached hydrogens (tertiary/aromatic N) is 1. The lowest BCUT2D eigenvalue weighted by molar-refractivity contribution is -0.138. The Kier molecular flexibility index (Phi) is 4.17. The second-order valence-electron chi connectivity index (χ2n) is 6.64. The fraction of sp³-hybridized carbons (Fsp3) is 0.182. The van der Waals surface area contributed by atoms with E-state index in [4.69, 9.17) is 4.74 Å². The van der Waals surface area contributed by atoms with Crippen LogP contribution in [0.1, 0.15) is 12.0 Å². The normalized spacial score (nSPS) is 16.9. The Morgan fingerprint density at radius 1 is 1.00 bits per heavy atom. The molecule has 0 aromatic heterocycles. The van der Waals surface area contributed by atoms with Gasteiger partial charge in [0.2, 0.25) is 5.91 Å². The summed E-state index contributed by atoms with van der Waals surface area (Å²) in [4.78, 5) is 26.7. The number of rotatable bonds is 3. The molecular weight excluding hydrogens is 326 g/mol. The number of hydrogen-bond donors (Lipinski definition) is 0. The van der Waals surface area contributed by atoms with Gasteiger partial charge in [0.15, 0.2) is 0 Å². The van der Waals surface area contributed by atoms with Crippen LogP contribution in [0.25, 0.3) is 10.8 Å². The molecule has 1 aliphatic rings. The second kappa shape index (κ2) is 6.64. The summed E-state index contributed by atoms with van der Waals surface area (Å²) in [6, 6.07) is 21.1. The molecule has 0 unspecified atom stereocenters. The summed E-state index contributed by atoms with van der Waals surface area (Å²) >= 11 is 0. The maximum Gasteiger partial charge on any atom is 0.316 e. The number of ether oxygens (including phenoxy) is 1. The molecule has 1 amide bonds. The van der Waals surface area contributed by atoms with Crippen molar-refractivity contribution in [2.45, 2.75) is 13.3 Å². The van der Waals surface area contributed by atoms with Gasteiger partial charge in [-0.15, -0.1) is 0 Å². The van der Waals surface area contributed by atoms with E-state index in [1.165, 1.54) is 0 Å². The van der Waals surface area contributed by atoms with E-state index in [1.54, 1.807) is 11.0 Å². The average molecular weight is 345 g/mol. The SMILES string of the molecule is Cc1ccc(N2C[C@H](C(=O)Oc3cccc4ccccc34)CC2=O)cc1. The van der Waals surface area contributed by atoms with Gasteiger partial charge in [0.05, 0.1) is 5.92 Å². The Hall–Kier alpha value is -3.14. The molecule has 26 heavy (non-hydrogen) atoms. The van der Waals surface area contributed by atoms with Crippen LogP contribution in [0.4, 0.5) is 5.69 Å². The number of amides is 1. The number of carbonyl (C=O) groups excluding carboxylic acids is 2. The summed E-state index contributed by atoms with van der Waals surface area (Å²) in [7, 11) is 0. The number of hydrogen-bond acceptors (Lipinski definition) is 3. The number of benzene rings is 3. The first-order valence-electron chi connectivity index (χ1n) is 8.68. The minimum Gasteiger partial charge on any atom is -0.426 e. The molecule has 0 aliphatic carbocycles. The molecule has 0 spiro atoms. The van der Waals surface area contributed by atoms with Gasteiger partial charge in [-0.25, -0.2) is 0 Å². The highest BCUT2D eigenvalue weighted by molar-refractivity contribution is 6.00. The van der Waals surface area contributed by atoms with E-state index in [0.29, 0.717) is 12.3 Å². The third-order valence-corrected chi connectivity index (χ3v) is 4.76. The molecule has 1 atom stereocenters. The lowest BCUT2D eigenvalue weighted by Gasteiger charge is -2.17. The first-order valence-corrected chi connectivity index (χ1v) is 8.68. The smallest absolute Gasteiger partial charge is 0.316 e. The maximum absolute atomic E-state index is 12.6. The molecular formula is C22H19NO3. The summed E-state index contributed by atoms with van der Waals surface area (Å²) in [5.74, 6) is -0.324. The summed E-state index contributed by atoms with van der Waals surface area (Å²) in [6.07, 6.45) is 0.178. The van der Waals surface area contributed by atoms with E-state index in [0.717, 1.165) is 22.0 Å². The van der Waals surface area contributed by atoms with Crippen molar-refractivity contribution in [3.63, 3.8) is 0 Å². The van der Waals surface area contributed by atoms with Crippen LogP contribution in [0.2, 0.25) is 0 Å². The van der Waals surface area contributed by atoms with Crippen molar-refractivity contribution in [2.24, 2.45) is 5.92 Å². The molecule has 3 aromatic carbocycles. The minimum absolute atomic E-state index is 0.0475. The van der Waals surface area contributed by atoms with Crippen LogP contribution >= 0.6 is 0 Å². The minimum atomic E-state index is -0.456. The number of fused-ring (bicyclic) bond motifs is 1. The summed E-state index contributed by atoms with van der Waals surface area (Å²) in [5.41, 5.74) is 1.95. The molecule has 3 aromatic rings. The molecule has 130 valence electrons. The fourth-order valence-electron chi connectivity index (χ4n) is 3.32. The summed E-state index contributed by atoms with van der Waals surface area (Å²) < 4.78 is 5.65. The van der Waals surface area contributed by atoms with Crippen LogP contribution in [0, 0.1) is 12.8 Å². The number of anilines is 1. The monoisotopic (exact) mass is 345 g/mol. The van der Waals surface area contributed by atoms with Crippen molar-refractivity contribution in [3.8, 4) is 5.75 Å². The van der Waals surface area contributed by atoms with Gasteiger partial charge in [-0.05, 0) is 30.5 Å². The molecule has 0 bridgehead atoms. The van der Waals surface area contributed by atoms with Crippen molar-refractivity contribution < 1.29 is 14.3 Å². The molecule has 1 aliphatic heterocycles. The average Bonchev–Trinajstić information content (AvgIpc) is 3.05. The zero-order valence-corrected chi connectivity index (χ0v) is 14.5. The second-order valence-corrected chi connectivity index (χ2v) is 6.64. The van der Waals surface area contributed by atoms with Gasteiger partial charge >= 0.3 is 5.97 Å². The van der Waals surface area contributed by atoms with Gasteiger partial charge in [-0.3, -0.25) is 9.59 Å². The highest BCUT2D eigenvalue weighted by atomic mass is 16.5.